The first-order valence-corrected chi connectivity index (χ1v) is 6.54. The van der Waals surface area contributed by atoms with E-state index in [-0.39, 0.29) is 16.8 Å². The summed E-state index contributed by atoms with van der Waals surface area (Å²) in [5.41, 5.74) is 9.29. The molecule has 0 spiro atoms. The quantitative estimate of drug-likeness (QED) is 0.315. The Labute approximate surface area is 140 Å². The van der Waals surface area contributed by atoms with Gasteiger partial charge in [0.15, 0.2) is 0 Å². The standard InChI is InChI=1S/C12H10N4.C5H5.Co/c1-3-7-11(8-4-1)13-15-16-14-12-9-5-2-6-10-12;1-2-4-5-3-1;/h1-10H;1-5H;/q-2;-1;. The molecule has 0 saturated carbocycles. The minimum absolute atomic E-state index is 0. The molecule has 3 aromatic carbocycles. The number of nitrogens with zero attached hydrogens (tertiary/aromatic N) is 4. The van der Waals surface area contributed by atoms with Crippen molar-refractivity contribution in [2.24, 2.45) is 10.4 Å². The van der Waals surface area contributed by atoms with Crippen molar-refractivity contribution >= 4 is 11.4 Å². The van der Waals surface area contributed by atoms with Crippen LogP contribution in [0.2, 0.25) is 0 Å². The van der Waals surface area contributed by atoms with Crippen LogP contribution in [0.25, 0.3) is 10.9 Å². The Morgan fingerprint density at radius 3 is 1.32 bits per heavy atom. The van der Waals surface area contributed by atoms with Crippen molar-refractivity contribution in [2.75, 3.05) is 0 Å². The zero-order valence-electron chi connectivity index (χ0n) is 11.8. The monoisotopic (exact) mass is 334 g/mol. The second kappa shape index (κ2) is 11.2. The van der Waals surface area contributed by atoms with E-state index in [1.54, 1.807) is 0 Å². The fourth-order valence-corrected chi connectivity index (χ4v) is 1.45. The molecule has 5 heteroatoms. The number of hydrogen-bond acceptors (Lipinski definition) is 2. The van der Waals surface area contributed by atoms with E-state index in [1.807, 2.05) is 91.0 Å². The summed E-state index contributed by atoms with van der Waals surface area (Å²) in [5.74, 6) is 0. The molecule has 4 nitrogen and oxygen atoms in total. The molecule has 0 aliphatic heterocycles. The van der Waals surface area contributed by atoms with E-state index in [2.05, 4.69) is 21.3 Å². The van der Waals surface area contributed by atoms with E-state index < -0.39 is 0 Å². The molecule has 0 atom stereocenters. The molecule has 0 aromatic heterocycles. The van der Waals surface area contributed by atoms with Crippen LogP contribution in [0.4, 0.5) is 11.4 Å². The van der Waals surface area contributed by atoms with Crippen molar-refractivity contribution in [3.63, 3.8) is 0 Å². The van der Waals surface area contributed by atoms with E-state index in [0.717, 1.165) is 11.4 Å². The van der Waals surface area contributed by atoms with Gasteiger partial charge in [0.1, 0.15) is 0 Å². The molecule has 0 heterocycles. The average Bonchev–Trinajstić information content (AvgIpc) is 3.13. The van der Waals surface area contributed by atoms with Crippen molar-refractivity contribution in [2.45, 2.75) is 0 Å². The van der Waals surface area contributed by atoms with Crippen LogP contribution in [0.5, 0.6) is 0 Å². The molecular weight excluding hydrogens is 319 g/mol. The maximum absolute atomic E-state index is 3.89. The summed E-state index contributed by atoms with van der Waals surface area (Å²) in [5, 5.41) is 7.24. The third kappa shape index (κ3) is 7.32. The van der Waals surface area contributed by atoms with Crippen molar-refractivity contribution in [3.05, 3.63) is 102 Å². The van der Waals surface area contributed by atoms with Crippen LogP contribution in [0, 0.1) is 0 Å². The molecule has 3 rings (SSSR count). The summed E-state index contributed by atoms with van der Waals surface area (Å²) in [4.78, 5) is 0. The van der Waals surface area contributed by atoms with E-state index in [9.17, 15) is 0 Å². The molecule has 1 radical (unpaired) electrons. The van der Waals surface area contributed by atoms with Crippen molar-refractivity contribution in [1.29, 1.82) is 0 Å². The summed E-state index contributed by atoms with van der Waals surface area (Å²) in [6.45, 7) is 0. The minimum atomic E-state index is 0. The third-order valence-corrected chi connectivity index (χ3v) is 2.43. The Balaban J connectivity index is 0.000000344. The topological polar surface area (TPSA) is 52.9 Å². The second-order valence-electron chi connectivity index (χ2n) is 4.01. The molecule has 0 N–H and O–H groups in total. The Hall–Kier alpha value is -2.50. The van der Waals surface area contributed by atoms with Gasteiger partial charge in [-0.05, 0) is 11.4 Å². The molecule has 0 bridgehead atoms. The van der Waals surface area contributed by atoms with Gasteiger partial charge < -0.3 is 21.3 Å². The Kier molecular flexibility index (Phi) is 8.92. The van der Waals surface area contributed by atoms with Gasteiger partial charge in [0.2, 0.25) is 0 Å². The van der Waals surface area contributed by atoms with Gasteiger partial charge in [0, 0.05) is 16.8 Å². The zero-order valence-corrected chi connectivity index (χ0v) is 12.8. The van der Waals surface area contributed by atoms with Crippen LogP contribution in [0.15, 0.2) is 101 Å². The number of rotatable bonds is 4. The van der Waals surface area contributed by atoms with Crippen LogP contribution < -0.4 is 0 Å². The van der Waals surface area contributed by atoms with E-state index >= 15 is 0 Å². The molecular formula is C17H15CoN4-3. The predicted octanol–water partition coefficient (Wildman–Crippen LogP) is 6.08. The summed E-state index contributed by atoms with van der Waals surface area (Å²) in [6.07, 6.45) is 0. The van der Waals surface area contributed by atoms with Crippen LogP contribution >= 0.6 is 0 Å². The van der Waals surface area contributed by atoms with Crippen LogP contribution in [-0.4, -0.2) is 0 Å². The van der Waals surface area contributed by atoms with Gasteiger partial charge >= 0.3 is 0 Å². The molecule has 0 unspecified atom stereocenters. The molecule has 0 aliphatic rings. The van der Waals surface area contributed by atoms with Gasteiger partial charge in [-0.1, -0.05) is 60.7 Å². The van der Waals surface area contributed by atoms with Gasteiger partial charge in [-0.15, -0.1) is 0 Å². The smallest absolute Gasteiger partial charge is 0 e. The van der Waals surface area contributed by atoms with Gasteiger partial charge in [0.25, 0.3) is 0 Å². The van der Waals surface area contributed by atoms with E-state index in [1.165, 1.54) is 0 Å². The number of hydrogen-bond donors (Lipinski definition) is 0. The first-order chi connectivity index (χ1) is 10.4. The SMILES string of the molecule is [Co].c1cc[cH-]c1.c1ccc([N-]/N=N\[N-]c2ccccc2)cc1. The van der Waals surface area contributed by atoms with Gasteiger partial charge in [-0.2, -0.15) is 18.2 Å². The van der Waals surface area contributed by atoms with Crippen molar-refractivity contribution in [1.82, 2.24) is 0 Å². The average molecular weight is 334 g/mol. The van der Waals surface area contributed by atoms with Crippen LogP contribution in [0.3, 0.4) is 0 Å². The third-order valence-electron chi connectivity index (χ3n) is 2.43. The molecule has 3 aromatic rings. The van der Waals surface area contributed by atoms with Crippen LogP contribution in [-0.2, 0) is 16.8 Å². The van der Waals surface area contributed by atoms with Gasteiger partial charge in [0.05, 0.1) is 0 Å². The van der Waals surface area contributed by atoms with Crippen molar-refractivity contribution < 1.29 is 16.8 Å². The van der Waals surface area contributed by atoms with E-state index in [4.69, 9.17) is 0 Å². The second-order valence-corrected chi connectivity index (χ2v) is 4.01. The number of benzene rings is 2. The molecule has 22 heavy (non-hydrogen) atoms. The Morgan fingerprint density at radius 2 is 1.00 bits per heavy atom. The van der Waals surface area contributed by atoms with Gasteiger partial charge in [-0.3, -0.25) is 0 Å². The molecule has 0 saturated heterocycles. The zero-order chi connectivity index (χ0) is 14.6. The first kappa shape index (κ1) is 17.5. The van der Waals surface area contributed by atoms with E-state index in [0.29, 0.717) is 0 Å². The summed E-state index contributed by atoms with van der Waals surface area (Å²) in [6, 6.07) is 28.8. The normalized spacial score (nSPS) is 9.27. The summed E-state index contributed by atoms with van der Waals surface area (Å²) in [7, 11) is 0. The molecule has 0 fully saturated rings. The molecule has 115 valence electrons. The minimum Gasteiger partial charge on any atom is -0.494 e. The predicted molar refractivity (Wildman–Crippen MR) is 85.8 cm³/mol. The fourth-order valence-electron chi connectivity index (χ4n) is 1.45. The molecule has 0 amide bonds. The maximum atomic E-state index is 3.89. The first-order valence-electron chi connectivity index (χ1n) is 6.54. The Bertz CT molecular complexity index is 549. The maximum Gasteiger partial charge on any atom is 0 e. The van der Waals surface area contributed by atoms with Crippen LogP contribution in [0.1, 0.15) is 0 Å². The Morgan fingerprint density at radius 1 is 0.591 bits per heavy atom. The van der Waals surface area contributed by atoms with Crippen molar-refractivity contribution in [3.8, 4) is 0 Å². The molecule has 0 aliphatic carbocycles. The largest absolute Gasteiger partial charge is 0.494 e. The summed E-state index contributed by atoms with van der Waals surface area (Å²) < 4.78 is 0. The fraction of sp³-hybridized carbons (Fsp3) is 0. The summed E-state index contributed by atoms with van der Waals surface area (Å²) >= 11 is 0. The van der Waals surface area contributed by atoms with Gasteiger partial charge in [-0.25, -0.2) is 12.1 Å².